The van der Waals surface area contributed by atoms with E-state index < -0.39 is 11.9 Å². The maximum atomic E-state index is 13.3. The summed E-state index contributed by atoms with van der Waals surface area (Å²) < 4.78 is 18.5. The summed E-state index contributed by atoms with van der Waals surface area (Å²) in [5, 5.41) is 12.8. The normalized spacial score (nSPS) is 12.8. The summed E-state index contributed by atoms with van der Waals surface area (Å²) in [5.41, 5.74) is 0.279. The maximum Gasteiger partial charge on any atom is 0.146 e. The summed E-state index contributed by atoms with van der Waals surface area (Å²) in [6.07, 6.45) is -0.622. The first-order chi connectivity index (χ1) is 7.99. The van der Waals surface area contributed by atoms with Gasteiger partial charge in [-0.25, -0.2) is 4.39 Å². The fourth-order valence-corrected chi connectivity index (χ4v) is 1.40. The van der Waals surface area contributed by atoms with Gasteiger partial charge in [0.25, 0.3) is 0 Å². The van der Waals surface area contributed by atoms with Crippen molar-refractivity contribution in [2.24, 2.45) is 0 Å². The van der Waals surface area contributed by atoms with Crippen molar-refractivity contribution >= 4 is 17.3 Å². The van der Waals surface area contributed by atoms with Crippen LogP contribution in [0.1, 0.15) is 13.8 Å². The largest absolute Gasteiger partial charge is 0.389 e. The molecule has 17 heavy (non-hydrogen) atoms. The van der Waals surface area contributed by atoms with Gasteiger partial charge in [-0.05, 0) is 32.0 Å². The minimum atomic E-state index is -0.684. The Morgan fingerprint density at radius 3 is 2.82 bits per heavy atom. The number of halogens is 2. The molecule has 0 bridgehead atoms. The fraction of sp³-hybridized carbons (Fsp3) is 0.500. The molecule has 1 rings (SSSR count). The lowest BCUT2D eigenvalue weighted by Crippen LogP contribution is -2.26. The number of hydrogen-bond acceptors (Lipinski definition) is 3. The van der Waals surface area contributed by atoms with Gasteiger partial charge in [0.2, 0.25) is 0 Å². The molecule has 0 saturated heterocycles. The van der Waals surface area contributed by atoms with E-state index in [2.05, 4.69) is 5.32 Å². The van der Waals surface area contributed by atoms with Crippen molar-refractivity contribution in [3.8, 4) is 0 Å². The molecular weight excluding hydrogens is 245 g/mol. The first-order valence-corrected chi connectivity index (χ1v) is 5.85. The molecule has 0 fully saturated rings. The second kappa shape index (κ2) is 6.79. The van der Waals surface area contributed by atoms with Crippen molar-refractivity contribution in [2.45, 2.75) is 26.1 Å². The molecule has 0 aromatic heterocycles. The Balaban J connectivity index is 2.41. The Bertz CT molecular complexity index is 360. The number of anilines is 1. The van der Waals surface area contributed by atoms with Crippen molar-refractivity contribution < 1.29 is 14.2 Å². The molecule has 96 valence electrons. The summed E-state index contributed by atoms with van der Waals surface area (Å²) in [4.78, 5) is 0. The SMILES string of the molecule is CC(C)OCC(O)CNc1cc(Cl)ccc1F. The Hall–Kier alpha value is -0.840. The quantitative estimate of drug-likeness (QED) is 0.827. The number of aliphatic hydroxyl groups excluding tert-OH is 1. The van der Waals surface area contributed by atoms with E-state index in [4.69, 9.17) is 16.3 Å². The molecule has 1 aromatic rings. The van der Waals surface area contributed by atoms with Gasteiger partial charge in [0.05, 0.1) is 24.5 Å². The van der Waals surface area contributed by atoms with Gasteiger partial charge in [-0.1, -0.05) is 11.6 Å². The molecular formula is C12H17ClFNO2. The molecule has 0 radical (unpaired) electrons. The molecule has 0 amide bonds. The van der Waals surface area contributed by atoms with Crippen molar-refractivity contribution in [3.05, 3.63) is 29.0 Å². The Labute approximate surface area is 106 Å². The van der Waals surface area contributed by atoms with Gasteiger partial charge in [0, 0.05) is 11.6 Å². The number of benzene rings is 1. The lowest BCUT2D eigenvalue weighted by Gasteiger charge is -2.15. The van der Waals surface area contributed by atoms with E-state index in [1.807, 2.05) is 13.8 Å². The highest BCUT2D eigenvalue weighted by atomic mass is 35.5. The van der Waals surface area contributed by atoms with E-state index in [-0.39, 0.29) is 24.9 Å². The standard InChI is InChI=1S/C12H17ClFNO2/c1-8(2)17-7-10(16)6-15-12-5-9(13)3-4-11(12)14/h3-5,8,10,15-16H,6-7H2,1-2H3. The molecule has 1 aromatic carbocycles. The highest BCUT2D eigenvalue weighted by molar-refractivity contribution is 6.30. The Morgan fingerprint density at radius 2 is 2.18 bits per heavy atom. The molecule has 5 heteroatoms. The van der Waals surface area contributed by atoms with Gasteiger partial charge in [-0.2, -0.15) is 0 Å². The van der Waals surface area contributed by atoms with Gasteiger partial charge in [0.1, 0.15) is 5.82 Å². The summed E-state index contributed by atoms with van der Waals surface area (Å²) in [6.45, 7) is 4.20. The molecule has 0 aliphatic heterocycles. The van der Waals surface area contributed by atoms with E-state index in [9.17, 15) is 9.50 Å². The third-order valence-corrected chi connectivity index (χ3v) is 2.31. The van der Waals surface area contributed by atoms with Crippen LogP contribution in [0.5, 0.6) is 0 Å². The summed E-state index contributed by atoms with van der Waals surface area (Å²) in [6, 6.07) is 4.23. The molecule has 0 heterocycles. The Morgan fingerprint density at radius 1 is 1.47 bits per heavy atom. The summed E-state index contributed by atoms with van der Waals surface area (Å²) in [5.74, 6) is -0.397. The molecule has 0 aliphatic rings. The monoisotopic (exact) mass is 261 g/mol. The zero-order chi connectivity index (χ0) is 12.8. The lowest BCUT2D eigenvalue weighted by atomic mass is 10.3. The van der Waals surface area contributed by atoms with Crippen LogP contribution in [-0.4, -0.2) is 30.5 Å². The predicted molar refractivity (Wildman–Crippen MR) is 67.0 cm³/mol. The minimum absolute atomic E-state index is 0.0626. The van der Waals surface area contributed by atoms with Gasteiger partial charge in [-0.3, -0.25) is 0 Å². The second-order valence-corrected chi connectivity index (χ2v) is 4.48. The van der Waals surface area contributed by atoms with Crippen molar-refractivity contribution in [3.63, 3.8) is 0 Å². The number of hydrogen-bond donors (Lipinski definition) is 2. The van der Waals surface area contributed by atoms with E-state index in [0.29, 0.717) is 5.02 Å². The third-order valence-electron chi connectivity index (χ3n) is 2.08. The van der Waals surface area contributed by atoms with E-state index in [0.717, 1.165) is 0 Å². The maximum absolute atomic E-state index is 13.3. The minimum Gasteiger partial charge on any atom is -0.389 e. The highest BCUT2D eigenvalue weighted by Gasteiger charge is 2.08. The number of aliphatic hydroxyl groups is 1. The summed E-state index contributed by atoms with van der Waals surface area (Å²) in [7, 11) is 0. The summed E-state index contributed by atoms with van der Waals surface area (Å²) >= 11 is 5.74. The van der Waals surface area contributed by atoms with Gasteiger partial charge in [0.15, 0.2) is 0 Å². The average molecular weight is 262 g/mol. The van der Waals surface area contributed by atoms with Crippen LogP contribution in [0, 0.1) is 5.82 Å². The van der Waals surface area contributed by atoms with E-state index >= 15 is 0 Å². The number of ether oxygens (including phenoxy) is 1. The zero-order valence-electron chi connectivity index (χ0n) is 9.91. The molecule has 0 spiro atoms. The number of nitrogens with one attached hydrogen (secondary N) is 1. The fourth-order valence-electron chi connectivity index (χ4n) is 1.22. The lowest BCUT2D eigenvalue weighted by molar-refractivity contribution is 0.0112. The molecule has 1 atom stereocenters. The van der Waals surface area contributed by atoms with Crippen LogP contribution < -0.4 is 5.32 Å². The first kappa shape index (κ1) is 14.2. The van der Waals surface area contributed by atoms with Crippen LogP contribution in [0.4, 0.5) is 10.1 Å². The van der Waals surface area contributed by atoms with Crippen LogP contribution >= 0.6 is 11.6 Å². The number of rotatable bonds is 6. The van der Waals surface area contributed by atoms with Gasteiger partial charge >= 0.3 is 0 Å². The van der Waals surface area contributed by atoms with Crippen LogP contribution in [0.25, 0.3) is 0 Å². The van der Waals surface area contributed by atoms with Crippen molar-refractivity contribution in [2.75, 3.05) is 18.5 Å². The van der Waals surface area contributed by atoms with Crippen LogP contribution in [0.15, 0.2) is 18.2 Å². The Kier molecular flexibility index (Phi) is 5.68. The van der Waals surface area contributed by atoms with Crippen LogP contribution in [-0.2, 0) is 4.74 Å². The van der Waals surface area contributed by atoms with Crippen LogP contribution in [0.2, 0.25) is 5.02 Å². The topological polar surface area (TPSA) is 41.5 Å². The smallest absolute Gasteiger partial charge is 0.146 e. The molecule has 0 saturated carbocycles. The van der Waals surface area contributed by atoms with Gasteiger partial charge in [-0.15, -0.1) is 0 Å². The zero-order valence-corrected chi connectivity index (χ0v) is 10.7. The van der Waals surface area contributed by atoms with Gasteiger partial charge < -0.3 is 15.2 Å². The predicted octanol–water partition coefficient (Wildman–Crippen LogP) is 2.68. The van der Waals surface area contributed by atoms with Crippen LogP contribution in [0.3, 0.4) is 0 Å². The average Bonchev–Trinajstić information content (AvgIpc) is 2.27. The first-order valence-electron chi connectivity index (χ1n) is 5.47. The van der Waals surface area contributed by atoms with E-state index in [1.54, 1.807) is 0 Å². The van der Waals surface area contributed by atoms with Crippen molar-refractivity contribution in [1.29, 1.82) is 0 Å². The van der Waals surface area contributed by atoms with Crippen molar-refractivity contribution in [1.82, 2.24) is 0 Å². The molecule has 0 aliphatic carbocycles. The third kappa shape index (κ3) is 5.35. The molecule has 3 nitrogen and oxygen atoms in total. The highest BCUT2D eigenvalue weighted by Crippen LogP contribution is 2.19. The molecule has 2 N–H and O–H groups in total. The second-order valence-electron chi connectivity index (χ2n) is 4.04. The molecule has 1 unspecified atom stereocenters. The van der Waals surface area contributed by atoms with E-state index in [1.165, 1.54) is 18.2 Å².